The molecule has 2 aliphatic carbocycles. The summed E-state index contributed by atoms with van der Waals surface area (Å²) in [6.07, 6.45) is 4.30. The third-order valence-electron chi connectivity index (χ3n) is 21.3. The van der Waals surface area contributed by atoms with Gasteiger partial charge in [0.1, 0.15) is 5.75 Å². The van der Waals surface area contributed by atoms with Gasteiger partial charge in [0, 0.05) is 66.6 Å². The average Bonchev–Trinajstić information content (AvgIpc) is 1.64. The molecular weight excluding hydrogens is 1800 g/mol. The first-order chi connectivity index (χ1) is 59.7. The summed E-state index contributed by atoms with van der Waals surface area (Å²) >= 11 is -3.76. The van der Waals surface area contributed by atoms with Gasteiger partial charge in [0.15, 0.2) is 8.15 Å². The molecule has 0 atom stereocenters. The number of nitrogens with zero attached hydrogens (tertiary/aromatic N) is 4. The van der Waals surface area contributed by atoms with Crippen LogP contribution in [0.4, 0.5) is 22.7 Å². The SMILES string of the molecule is CO.Cc1cc(C)c(N2[CH-]N(c3c(C)cc(C)cc3C)CC2)c(C)c1.Cc1cc(C)c(N2[CH-]N(c3c(C)cc(C)cc3C)CC2)c(C)c1.[Cl][Ru]([Cl])=[C]1C=C(c2ccccc2)c2ccccc21.[Cl][Ru]([Cl])=[C]1C=C(c2ccccc2)c2ccccc21.c1ccc(OP(c2ccccc2)c2ccccc2)cc1.c1ccc(P(c2ccccc2)c2ccccc2)cc1. The Kier molecular flexibility index (Phi) is 34.2. The number of rotatable bonds is 13. The molecule has 632 valence electrons. The van der Waals surface area contributed by atoms with Crippen molar-refractivity contribution in [3.05, 3.63) is 465 Å². The number of halogens is 4. The van der Waals surface area contributed by atoms with Crippen LogP contribution in [0.25, 0.3) is 11.1 Å². The van der Waals surface area contributed by atoms with Crippen molar-refractivity contribution in [1.29, 1.82) is 0 Å². The zero-order valence-electron chi connectivity index (χ0n) is 72.2. The van der Waals surface area contributed by atoms with Crippen LogP contribution in [-0.2, 0) is 27.0 Å². The number of para-hydroxylation sites is 1. The zero-order chi connectivity index (χ0) is 87.1. The van der Waals surface area contributed by atoms with Crippen molar-refractivity contribution in [2.45, 2.75) is 83.1 Å². The molecule has 2 aliphatic heterocycles. The molecule has 2 fully saturated rings. The molecule has 14 aromatic carbocycles. The van der Waals surface area contributed by atoms with Gasteiger partial charge in [0.2, 0.25) is 0 Å². The molecule has 1 N–H and O–H groups in total. The number of fused-ring (bicyclic) bond motifs is 2. The van der Waals surface area contributed by atoms with E-state index in [4.69, 9.17) is 48.4 Å². The Bertz CT molecular complexity index is 5380. The van der Waals surface area contributed by atoms with Gasteiger partial charge in [0.25, 0.3) is 0 Å². The first-order valence-electron chi connectivity index (χ1n) is 41.2. The molecule has 0 bridgehead atoms. The van der Waals surface area contributed by atoms with Crippen LogP contribution in [0.2, 0.25) is 0 Å². The largest absolute Gasteiger partial charge is 0.464 e. The predicted octanol–water partition coefficient (Wildman–Crippen LogP) is 26.3. The number of benzene rings is 14. The van der Waals surface area contributed by atoms with Gasteiger partial charge in [-0.2, -0.15) is 13.3 Å². The summed E-state index contributed by atoms with van der Waals surface area (Å²) in [5.74, 6) is 0.909. The Balaban J connectivity index is 0.000000134. The second kappa shape index (κ2) is 45.4. The Morgan fingerprint density at radius 3 is 0.732 bits per heavy atom. The van der Waals surface area contributed by atoms with E-state index in [0.717, 1.165) is 47.3 Å². The maximum Gasteiger partial charge on any atom is 0.150 e. The number of aliphatic hydroxyl groups is 1. The van der Waals surface area contributed by atoms with Crippen LogP contribution in [-0.4, -0.2) is 46.6 Å². The molecule has 2 heterocycles. The van der Waals surface area contributed by atoms with Gasteiger partial charge in [-0.3, -0.25) is 0 Å². The third-order valence-corrected chi connectivity index (χ3v) is 31.9. The fraction of sp³-hybridized carbons (Fsp3) is 0.156. The monoisotopic (exact) mass is 1910 g/mol. The number of hydrogen-bond acceptors (Lipinski definition) is 6. The average molecular weight is 1910 g/mol. The van der Waals surface area contributed by atoms with E-state index in [2.05, 4.69) is 377 Å². The molecule has 0 radical (unpaired) electrons. The Hall–Kier alpha value is -9.47. The second-order valence-corrected chi connectivity index (χ2v) is 46.3. The zero-order valence-corrected chi connectivity index (χ0v) is 80.5. The van der Waals surface area contributed by atoms with Crippen molar-refractivity contribution in [2.24, 2.45) is 0 Å². The van der Waals surface area contributed by atoms with Crippen molar-refractivity contribution in [3.63, 3.8) is 0 Å². The van der Waals surface area contributed by atoms with Gasteiger partial charge in [-0.15, -0.1) is 0 Å². The number of aryl methyl sites for hydroxylation is 12. The van der Waals surface area contributed by atoms with Crippen molar-refractivity contribution >= 4 is 123 Å². The van der Waals surface area contributed by atoms with Crippen LogP contribution in [0.15, 0.2) is 352 Å². The number of allylic oxidation sites excluding steroid dienone is 2. The molecule has 0 unspecified atom stereocenters. The van der Waals surface area contributed by atoms with E-state index in [1.807, 2.05) is 91.0 Å². The predicted molar refractivity (Wildman–Crippen MR) is 532 cm³/mol. The van der Waals surface area contributed by atoms with Gasteiger partial charge in [-0.05, 0) is 164 Å². The normalized spacial score (nSPS) is 13.0. The summed E-state index contributed by atoms with van der Waals surface area (Å²) in [6.45, 7) is 35.1. The molecule has 0 saturated carbocycles. The van der Waals surface area contributed by atoms with Crippen LogP contribution in [0.1, 0.15) is 100 Å². The molecule has 14 heteroatoms. The van der Waals surface area contributed by atoms with Crippen molar-refractivity contribution in [1.82, 2.24) is 0 Å². The molecule has 123 heavy (non-hydrogen) atoms. The molecule has 2 saturated heterocycles. The minimum absolute atomic E-state index is 0.446. The van der Waals surface area contributed by atoms with Crippen LogP contribution < -0.4 is 50.6 Å². The van der Waals surface area contributed by atoms with Gasteiger partial charge >= 0.3 is 240 Å². The molecule has 18 rings (SSSR count). The summed E-state index contributed by atoms with van der Waals surface area (Å²) in [5.41, 5.74) is 31.4. The van der Waals surface area contributed by atoms with Crippen LogP contribution >= 0.6 is 54.8 Å². The number of aliphatic hydroxyl groups excluding tert-OH is 1. The van der Waals surface area contributed by atoms with Crippen LogP contribution in [0.3, 0.4) is 0 Å². The maximum atomic E-state index is 7.00. The van der Waals surface area contributed by atoms with Gasteiger partial charge in [-0.25, -0.2) is 0 Å². The molecular formula is C109H108Cl4N4O2P2Ru2-2. The van der Waals surface area contributed by atoms with Crippen LogP contribution in [0, 0.1) is 96.4 Å². The maximum absolute atomic E-state index is 7.00. The van der Waals surface area contributed by atoms with Crippen LogP contribution in [0.5, 0.6) is 5.75 Å². The molecule has 0 amide bonds. The standard InChI is InChI=1S/2C21H27N2.C18H15OP.C18H15P.2C15H10.CH4O.4ClH.2Ru/c2*1-14-9-16(3)20(17(4)10-14)22-7-8-23(13-22)21-18(5)11-15(2)12-19(21)6;1-4-10-16(11-5-1)19-20(17-12-6-2-7-13-17)18-14-8-3-9-15-18;1-4-10-16(11-5-1)19(17-12-6-2-7-13-17)18-14-8-3-9-15-18;2*1-2-6-12(7-3-1)15-11-10-13-8-4-5-9-14(13)15;1-2;;;;;;/h2*9-13H,7-8H2,1-6H3;1-15H;1-15H;2*1-9,11H;2H,1H3;4*1H;;/q2*-1;;;;;;;;;;2*+2/p-4. The van der Waals surface area contributed by atoms with Crippen molar-refractivity contribution in [3.8, 4) is 5.75 Å². The first kappa shape index (κ1) is 92.7. The topological polar surface area (TPSA) is 42.4 Å². The summed E-state index contributed by atoms with van der Waals surface area (Å²) in [6, 6.07) is 119. The fourth-order valence-corrected chi connectivity index (χ4v) is 25.7. The summed E-state index contributed by atoms with van der Waals surface area (Å²) in [7, 11) is 24.5. The van der Waals surface area contributed by atoms with Gasteiger partial charge in [-0.1, -0.05) is 241 Å². The van der Waals surface area contributed by atoms with Crippen molar-refractivity contribution in [2.75, 3.05) is 52.9 Å². The number of anilines is 4. The van der Waals surface area contributed by atoms with E-state index in [0.29, 0.717) is 0 Å². The van der Waals surface area contributed by atoms with E-state index in [1.165, 1.54) is 161 Å². The number of hydrogen-bond donors (Lipinski definition) is 1. The molecule has 0 spiro atoms. The molecule has 6 nitrogen and oxygen atoms in total. The Labute approximate surface area is 760 Å². The second-order valence-electron chi connectivity index (χ2n) is 30.7. The van der Waals surface area contributed by atoms with E-state index in [9.17, 15) is 0 Å². The van der Waals surface area contributed by atoms with E-state index < -0.39 is 43.1 Å². The minimum Gasteiger partial charge on any atom is -0.464 e. The Morgan fingerprint density at radius 2 is 0.488 bits per heavy atom. The summed E-state index contributed by atoms with van der Waals surface area (Å²) in [4.78, 5) is 9.62. The van der Waals surface area contributed by atoms with E-state index >= 15 is 0 Å². The first-order valence-corrected chi connectivity index (χ1v) is 54.5. The third kappa shape index (κ3) is 24.2. The fourth-order valence-electron chi connectivity index (χ4n) is 16.7. The van der Waals surface area contributed by atoms with Gasteiger partial charge in [0.05, 0.1) is 0 Å². The molecule has 14 aromatic rings. The molecule has 0 aromatic heterocycles. The summed E-state index contributed by atoms with van der Waals surface area (Å²) < 4.78 is 8.50. The molecule has 4 aliphatic rings. The smallest absolute Gasteiger partial charge is 0.150 e. The van der Waals surface area contributed by atoms with E-state index in [1.54, 1.807) is 0 Å². The summed E-state index contributed by atoms with van der Waals surface area (Å²) in [5, 5.41) is 13.6. The quantitative estimate of drug-likeness (QED) is 0.0705. The van der Waals surface area contributed by atoms with E-state index in [-0.39, 0.29) is 0 Å². The minimum atomic E-state index is -1.88. The Morgan fingerprint density at radius 1 is 0.276 bits per heavy atom. The van der Waals surface area contributed by atoms with Gasteiger partial charge < -0.3 is 29.2 Å². The van der Waals surface area contributed by atoms with Crippen molar-refractivity contribution < 1.29 is 36.7 Å².